The molecular weight excluding hydrogens is 392 g/mol. The Kier molecular flexibility index (Phi) is 4.93. The monoisotopic (exact) mass is 412 g/mol. The number of nitrogens with zero attached hydrogens (tertiary/aromatic N) is 3. The highest BCUT2D eigenvalue weighted by atomic mass is 32.2. The Morgan fingerprint density at radius 3 is 2.79 bits per heavy atom. The van der Waals surface area contributed by atoms with Gasteiger partial charge in [-0.2, -0.15) is 4.98 Å². The van der Waals surface area contributed by atoms with Gasteiger partial charge < -0.3 is 9.42 Å². The average molecular weight is 412 g/mol. The molecule has 2 heterocycles. The lowest BCUT2D eigenvalue weighted by Gasteiger charge is -2.14. The highest BCUT2D eigenvalue weighted by molar-refractivity contribution is 7.89. The molecule has 8 nitrogen and oxygen atoms in total. The van der Waals surface area contributed by atoms with Gasteiger partial charge in [-0.05, 0) is 42.7 Å². The summed E-state index contributed by atoms with van der Waals surface area (Å²) in [4.78, 5) is 17.7. The van der Waals surface area contributed by atoms with E-state index in [1.165, 1.54) is 13.0 Å². The molecule has 4 rings (SSSR count). The highest BCUT2D eigenvalue weighted by Gasteiger charge is 2.25. The summed E-state index contributed by atoms with van der Waals surface area (Å²) in [5.74, 6) is 0.535. The molecule has 1 aromatic heterocycles. The number of sulfonamides is 1. The molecule has 29 heavy (non-hydrogen) atoms. The van der Waals surface area contributed by atoms with E-state index in [1.807, 2.05) is 31.2 Å². The molecule has 0 atom stereocenters. The second-order valence-electron chi connectivity index (χ2n) is 6.86. The van der Waals surface area contributed by atoms with Crippen molar-refractivity contribution >= 4 is 21.6 Å². The van der Waals surface area contributed by atoms with Gasteiger partial charge in [0, 0.05) is 24.7 Å². The Balaban J connectivity index is 1.49. The molecule has 0 bridgehead atoms. The molecule has 1 aliphatic rings. The van der Waals surface area contributed by atoms with Crippen molar-refractivity contribution in [3.05, 3.63) is 59.5 Å². The number of nitrogens with one attached hydrogen (secondary N) is 1. The van der Waals surface area contributed by atoms with Crippen LogP contribution in [0.5, 0.6) is 0 Å². The summed E-state index contributed by atoms with van der Waals surface area (Å²) in [6.45, 7) is 3.88. The fourth-order valence-electron chi connectivity index (χ4n) is 3.37. The summed E-state index contributed by atoms with van der Waals surface area (Å²) in [5, 5.41) is 3.93. The lowest BCUT2D eigenvalue weighted by Crippen LogP contribution is -2.26. The normalized spacial score (nSPS) is 13.5. The van der Waals surface area contributed by atoms with E-state index in [-0.39, 0.29) is 23.2 Å². The van der Waals surface area contributed by atoms with E-state index in [0.717, 1.165) is 22.4 Å². The fourth-order valence-corrected chi connectivity index (χ4v) is 4.40. The summed E-state index contributed by atoms with van der Waals surface area (Å²) in [6, 6.07) is 12.4. The third-order valence-electron chi connectivity index (χ3n) is 4.90. The number of hydrogen-bond acceptors (Lipinski definition) is 6. The Morgan fingerprint density at radius 2 is 2.03 bits per heavy atom. The van der Waals surface area contributed by atoms with E-state index in [0.29, 0.717) is 18.8 Å². The number of aryl methyl sites for hydroxylation is 1. The Bertz CT molecular complexity index is 1190. The minimum atomic E-state index is -3.76. The molecule has 1 aliphatic heterocycles. The summed E-state index contributed by atoms with van der Waals surface area (Å²) < 4.78 is 33.0. The van der Waals surface area contributed by atoms with Crippen LogP contribution in [0, 0.1) is 6.92 Å². The fraction of sp³-hybridized carbons (Fsp3) is 0.250. The number of amides is 1. The molecule has 0 radical (unpaired) electrons. The van der Waals surface area contributed by atoms with Crippen LogP contribution in [0.1, 0.15) is 23.9 Å². The number of aromatic nitrogens is 2. The Hall–Kier alpha value is -3.04. The maximum Gasteiger partial charge on any atom is 0.242 e. The van der Waals surface area contributed by atoms with Crippen LogP contribution in [0.25, 0.3) is 11.4 Å². The van der Waals surface area contributed by atoms with Crippen LogP contribution >= 0.6 is 0 Å². The molecule has 0 saturated carbocycles. The van der Waals surface area contributed by atoms with Gasteiger partial charge in [0.1, 0.15) is 0 Å². The quantitative estimate of drug-likeness (QED) is 0.690. The van der Waals surface area contributed by atoms with Gasteiger partial charge in [0.2, 0.25) is 27.6 Å². The topological polar surface area (TPSA) is 105 Å². The second-order valence-corrected chi connectivity index (χ2v) is 8.63. The third kappa shape index (κ3) is 3.79. The lowest BCUT2D eigenvalue weighted by atomic mass is 10.1. The van der Waals surface area contributed by atoms with Gasteiger partial charge >= 0.3 is 0 Å². The molecule has 0 aliphatic carbocycles. The average Bonchev–Trinajstić information content (AvgIpc) is 3.33. The largest absolute Gasteiger partial charge is 0.338 e. The minimum absolute atomic E-state index is 0.0571. The van der Waals surface area contributed by atoms with Gasteiger partial charge in [-0.3, -0.25) is 4.79 Å². The SMILES string of the molecule is CC(=O)N1CCc2cc(S(=O)(=O)NCc3nc(-c4ccccc4C)no3)ccc21. The van der Waals surface area contributed by atoms with Crippen LogP contribution in [-0.4, -0.2) is 31.0 Å². The first-order chi connectivity index (χ1) is 13.8. The number of carbonyl (C=O) groups excluding carboxylic acids is 1. The predicted octanol–water partition coefficient (Wildman–Crippen LogP) is 2.43. The summed E-state index contributed by atoms with van der Waals surface area (Å²) in [6.07, 6.45) is 0.627. The van der Waals surface area contributed by atoms with Crippen LogP contribution in [0.2, 0.25) is 0 Å². The molecule has 0 saturated heterocycles. The molecular formula is C20H20N4O4S. The summed E-state index contributed by atoms with van der Waals surface area (Å²) >= 11 is 0. The van der Waals surface area contributed by atoms with E-state index >= 15 is 0 Å². The van der Waals surface area contributed by atoms with Crippen molar-refractivity contribution in [1.82, 2.24) is 14.9 Å². The molecule has 0 unspecified atom stereocenters. The Labute approximate surface area is 168 Å². The first-order valence-electron chi connectivity index (χ1n) is 9.14. The molecule has 0 spiro atoms. The zero-order valence-electron chi connectivity index (χ0n) is 16.0. The zero-order chi connectivity index (χ0) is 20.6. The van der Waals surface area contributed by atoms with Gasteiger partial charge in [-0.1, -0.05) is 29.4 Å². The van der Waals surface area contributed by atoms with Gasteiger partial charge in [-0.25, -0.2) is 13.1 Å². The highest BCUT2D eigenvalue weighted by Crippen LogP contribution is 2.30. The number of hydrogen-bond donors (Lipinski definition) is 1. The number of carbonyl (C=O) groups is 1. The molecule has 3 aromatic rings. The van der Waals surface area contributed by atoms with E-state index in [4.69, 9.17) is 4.52 Å². The number of rotatable bonds is 5. The van der Waals surface area contributed by atoms with Gasteiger partial charge in [0.05, 0.1) is 11.4 Å². The molecule has 2 aromatic carbocycles. The zero-order valence-corrected chi connectivity index (χ0v) is 16.9. The van der Waals surface area contributed by atoms with Crippen LogP contribution in [0.15, 0.2) is 51.9 Å². The van der Waals surface area contributed by atoms with Crippen molar-refractivity contribution in [2.45, 2.75) is 31.7 Å². The number of benzene rings is 2. The van der Waals surface area contributed by atoms with Gasteiger partial charge in [0.15, 0.2) is 0 Å². The number of fused-ring (bicyclic) bond motifs is 1. The van der Waals surface area contributed by atoms with Gasteiger partial charge in [0.25, 0.3) is 0 Å². The van der Waals surface area contributed by atoms with Crippen LogP contribution < -0.4 is 9.62 Å². The molecule has 150 valence electrons. The van der Waals surface area contributed by atoms with E-state index in [9.17, 15) is 13.2 Å². The maximum absolute atomic E-state index is 12.7. The van der Waals surface area contributed by atoms with Crippen molar-refractivity contribution in [3.8, 4) is 11.4 Å². The van der Waals surface area contributed by atoms with E-state index in [2.05, 4.69) is 14.9 Å². The van der Waals surface area contributed by atoms with Crippen molar-refractivity contribution in [3.63, 3.8) is 0 Å². The van der Waals surface area contributed by atoms with Crippen molar-refractivity contribution in [2.24, 2.45) is 0 Å². The van der Waals surface area contributed by atoms with E-state index in [1.54, 1.807) is 17.0 Å². The van der Waals surface area contributed by atoms with Crippen molar-refractivity contribution < 1.29 is 17.7 Å². The smallest absolute Gasteiger partial charge is 0.242 e. The van der Waals surface area contributed by atoms with Gasteiger partial charge in [-0.15, -0.1) is 0 Å². The van der Waals surface area contributed by atoms with Crippen LogP contribution in [0.3, 0.4) is 0 Å². The van der Waals surface area contributed by atoms with Crippen LogP contribution in [-0.2, 0) is 27.8 Å². The standard InChI is InChI=1S/C20H20N4O4S/c1-13-5-3-4-6-17(13)20-22-19(28-23-20)12-21-29(26,27)16-7-8-18-15(11-16)9-10-24(18)14(2)25/h3-8,11,21H,9-10,12H2,1-2H3. The molecule has 9 heteroatoms. The predicted molar refractivity (Wildman–Crippen MR) is 107 cm³/mol. The maximum atomic E-state index is 12.7. The minimum Gasteiger partial charge on any atom is -0.338 e. The van der Waals surface area contributed by atoms with Crippen LogP contribution in [0.4, 0.5) is 5.69 Å². The Morgan fingerprint density at radius 1 is 1.24 bits per heavy atom. The molecule has 0 fully saturated rings. The molecule has 1 amide bonds. The lowest BCUT2D eigenvalue weighted by molar-refractivity contribution is -0.116. The van der Waals surface area contributed by atoms with Crippen molar-refractivity contribution in [1.29, 1.82) is 0 Å². The third-order valence-corrected chi connectivity index (χ3v) is 6.30. The second kappa shape index (κ2) is 7.41. The molecule has 1 N–H and O–H groups in total. The first kappa shape index (κ1) is 19.3. The van der Waals surface area contributed by atoms with E-state index < -0.39 is 10.0 Å². The summed E-state index contributed by atoms with van der Waals surface area (Å²) in [5.41, 5.74) is 3.43. The van der Waals surface area contributed by atoms with Crippen molar-refractivity contribution in [2.75, 3.05) is 11.4 Å². The summed E-state index contributed by atoms with van der Waals surface area (Å²) in [7, 11) is -3.76. The first-order valence-corrected chi connectivity index (χ1v) is 10.6. The number of anilines is 1.